The Labute approximate surface area is 244 Å². The van der Waals surface area contributed by atoms with Gasteiger partial charge in [-0.2, -0.15) is 0 Å². The van der Waals surface area contributed by atoms with Gasteiger partial charge in [0.2, 0.25) is 11.8 Å². The molecule has 10 heteroatoms. The predicted octanol–water partition coefficient (Wildman–Crippen LogP) is 3.91. The number of carboxylic acid groups (broad SMARTS) is 1. The second-order valence-corrected chi connectivity index (χ2v) is 10.8. The molecule has 1 fully saturated rings. The van der Waals surface area contributed by atoms with Crippen LogP contribution in [-0.4, -0.2) is 85.2 Å². The minimum absolute atomic E-state index is 0.00551. The fourth-order valence-corrected chi connectivity index (χ4v) is 5.23. The first-order chi connectivity index (χ1) is 20.2. The largest absolute Gasteiger partial charge is 0.481 e. The highest BCUT2D eigenvalue weighted by Crippen LogP contribution is 2.37. The molecule has 42 heavy (non-hydrogen) atoms. The number of amides is 2. The van der Waals surface area contributed by atoms with Crippen LogP contribution in [0.1, 0.15) is 29.0 Å². The zero-order valence-electron chi connectivity index (χ0n) is 23.7. The Bertz CT molecular complexity index is 1500. The van der Waals surface area contributed by atoms with E-state index in [0.29, 0.717) is 41.2 Å². The number of nitrogens with zero attached hydrogens (tertiary/aromatic N) is 4. The van der Waals surface area contributed by atoms with Gasteiger partial charge in [-0.15, -0.1) is 0 Å². The van der Waals surface area contributed by atoms with E-state index in [-0.39, 0.29) is 18.2 Å². The molecule has 3 aromatic carbocycles. The van der Waals surface area contributed by atoms with Crippen molar-refractivity contribution in [1.82, 2.24) is 9.80 Å². The van der Waals surface area contributed by atoms with Gasteiger partial charge in [0.1, 0.15) is 11.7 Å². The lowest BCUT2D eigenvalue weighted by Crippen LogP contribution is -2.48. The molecule has 5 rings (SSSR count). The first-order valence-electron chi connectivity index (χ1n) is 14.0. The molecule has 2 aliphatic rings. The van der Waals surface area contributed by atoms with Crippen LogP contribution in [0.5, 0.6) is 0 Å². The number of carbonyl (C=O) groups is 3. The molecule has 0 aromatic heterocycles. The summed E-state index contributed by atoms with van der Waals surface area (Å²) in [7, 11) is 3.84. The van der Waals surface area contributed by atoms with Gasteiger partial charge in [0.15, 0.2) is 0 Å². The van der Waals surface area contributed by atoms with Gasteiger partial charge < -0.3 is 20.2 Å². The Morgan fingerprint density at radius 3 is 2.38 bits per heavy atom. The molecule has 0 aliphatic carbocycles. The smallest absolute Gasteiger partial charge is 0.303 e. The Hall–Kier alpha value is -4.41. The minimum atomic E-state index is -0.872. The van der Waals surface area contributed by atoms with Crippen LogP contribution in [0.4, 0.5) is 21.5 Å². The van der Waals surface area contributed by atoms with E-state index in [4.69, 9.17) is 10.1 Å². The third kappa shape index (κ3) is 6.72. The molecule has 3 aromatic rings. The summed E-state index contributed by atoms with van der Waals surface area (Å²) in [4.78, 5) is 48.0. The highest BCUT2D eigenvalue weighted by Gasteiger charge is 2.35. The van der Waals surface area contributed by atoms with E-state index in [2.05, 4.69) is 22.2 Å². The summed E-state index contributed by atoms with van der Waals surface area (Å²) >= 11 is 0. The molecule has 218 valence electrons. The SMILES string of the molecule is CN1CCN(CC(=O)N(C)c2ccc(N=C(c3ccc(CCC(=O)O)cc3)C3C(=O)Nc4cc(F)ccc43)cc2)CC1. The Morgan fingerprint density at radius 2 is 1.71 bits per heavy atom. The highest BCUT2D eigenvalue weighted by atomic mass is 19.1. The number of nitrogens with one attached hydrogen (secondary N) is 1. The summed E-state index contributed by atoms with van der Waals surface area (Å²) in [5.74, 6) is -2.39. The number of likely N-dealkylation sites (N-methyl/N-ethyl adjacent to an activating group) is 2. The second-order valence-electron chi connectivity index (χ2n) is 10.8. The molecule has 2 N–H and O–H groups in total. The molecular weight excluding hydrogens is 537 g/mol. The lowest BCUT2D eigenvalue weighted by molar-refractivity contribution is -0.137. The topological polar surface area (TPSA) is 106 Å². The molecule has 9 nitrogen and oxygen atoms in total. The number of carboxylic acids is 1. The van der Waals surface area contributed by atoms with Crippen molar-refractivity contribution < 1.29 is 23.9 Å². The van der Waals surface area contributed by atoms with Gasteiger partial charge in [0.05, 0.1) is 17.9 Å². The lowest BCUT2D eigenvalue weighted by Gasteiger charge is -2.32. The number of carbonyl (C=O) groups excluding carboxylic acids is 2. The van der Waals surface area contributed by atoms with Crippen LogP contribution in [0.15, 0.2) is 71.7 Å². The van der Waals surface area contributed by atoms with E-state index in [1.807, 2.05) is 36.4 Å². The van der Waals surface area contributed by atoms with Gasteiger partial charge in [-0.05, 0) is 66.6 Å². The lowest BCUT2D eigenvalue weighted by atomic mass is 9.90. The minimum Gasteiger partial charge on any atom is -0.481 e. The molecule has 0 radical (unpaired) electrons. The van der Waals surface area contributed by atoms with Crippen molar-refractivity contribution in [2.75, 3.05) is 57.0 Å². The van der Waals surface area contributed by atoms with Crippen LogP contribution in [0.3, 0.4) is 0 Å². The first-order valence-corrected chi connectivity index (χ1v) is 14.0. The summed E-state index contributed by atoms with van der Waals surface area (Å²) in [5, 5.41) is 11.8. The van der Waals surface area contributed by atoms with Gasteiger partial charge in [0.25, 0.3) is 0 Å². The maximum absolute atomic E-state index is 13.9. The number of fused-ring (bicyclic) bond motifs is 1. The van der Waals surface area contributed by atoms with Gasteiger partial charge in [-0.1, -0.05) is 30.3 Å². The number of aliphatic carboxylic acids is 1. The molecule has 1 saturated heterocycles. The fourth-order valence-electron chi connectivity index (χ4n) is 5.23. The van der Waals surface area contributed by atoms with Crippen molar-refractivity contribution in [3.05, 3.63) is 89.2 Å². The quantitative estimate of drug-likeness (QED) is 0.378. The summed E-state index contributed by atoms with van der Waals surface area (Å²) in [6.45, 7) is 3.95. The number of aryl methyl sites for hydroxylation is 1. The third-order valence-corrected chi connectivity index (χ3v) is 7.81. The Balaban J connectivity index is 1.41. The Kier molecular flexibility index (Phi) is 8.75. The van der Waals surface area contributed by atoms with E-state index in [1.165, 1.54) is 12.1 Å². The van der Waals surface area contributed by atoms with Gasteiger partial charge in [-0.3, -0.25) is 24.3 Å². The third-order valence-electron chi connectivity index (χ3n) is 7.81. The molecular formula is C32H34FN5O4. The molecule has 0 saturated carbocycles. The van der Waals surface area contributed by atoms with E-state index in [9.17, 15) is 18.8 Å². The van der Waals surface area contributed by atoms with Crippen molar-refractivity contribution >= 4 is 40.6 Å². The van der Waals surface area contributed by atoms with Crippen LogP contribution in [0.25, 0.3) is 0 Å². The van der Waals surface area contributed by atoms with E-state index >= 15 is 0 Å². The molecule has 2 heterocycles. The van der Waals surface area contributed by atoms with E-state index < -0.39 is 17.7 Å². The van der Waals surface area contributed by atoms with Crippen LogP contribution < -0.4 is 10.2 Å². The summed E-state index contributed by atoms with van der Waals surface area (Å²) in [6.07, 6.45) is 0.402. The molecule has 2 amide bonds. The fraction of sp³-hybridized carbons (Fsp3) is 0.312. The number of halogens is 1. The average Bonchev–Trinajstić information content (AvgIpc) is 3.30. The molecule has 0 bridgehead atoms. The first kappa shape index (κ1) is 29.1. The van der Waals surface area contributed by atoms with E-state index in [1.54, 1.807) is 30.1 Å². The van der Waals surface area contributed by atoms with Crippen LogP contribution >= 0.6 is 0 Å². The van der Waals surface area contributed by atoms with Gasteiger partial charge >= 0.3 is 5.97 Å². The summed E-state index contributed by atoms with van der Waals surface area (Å²) in [6, 6.07) is 18.8. The van der Waals surface area contributed by atoms with Crippen molar-refractivity contribution in [3.63, 3.8) is 0 Å². The molecule has 1 atom stereocenters. The van der Waals surface area contributed by atoms with Crippen molar-refractivity contribution in [2.24, 2.45) is 4.99 Å². The Morgan fingerprint density at radius 1 is 1.02 bits per heavy atom. The average molecular weight is 572 g/mol. The predicted molar refractivity (Wildman–Crippen MR) is 160 cm³/mol. The van der Waals surface area contributed by atoms with Gasteiger partial charge in [-0.25, -0.2) is 4.39 Å². The number of hydrogen-bond acceptors (Lipinski definition) is 6. The number of aliphatic imine (C=N–C) groups is 1. The number of rotatable bonds is 9. The monoisotopic (exact) mass is 571 g/mol. The highest BCUT2D eigenvalue weighted by molar-refractivity contribution is 6.24. The number of piperazine rings is 1. The van der Waals surface area contributed by atoms with Crippen LogP contribution in [0, 0.1) is 5.82 Å². The molecule has 1 unspecified atom stereocenters. The van der Waals surface area contributed by atoms with Crippen molar-refractivity contribution in [3.8, 4) is 0 Å². The van der Waals surface area contributed by atoms with Crippen LogP contribution in [0.2, 0.25) is 0 Å². The standard InChI is InChI=1S/C32H34FN5O4/c1-36-15-17-38(18-16-36)20-28(39)37(2)25-11-9-24(10-12-25)34-31(22-6-3-21(4-7-22)5-14-29(40)41)30-26-13-8-23(33)19-27(26)35-32(30)42/h3-4,6-13,19,30H,5,14-18,20H2,1-2H3,(H,35,42)(H,40,41). The summed E-state index contributed by atoms with van der Waals surface area (Å²) in [5.41, 5.74) is 4.38. The number of hydrogen-bond donors (Lipinski definition) is 2. The molecule has 0 spiro atoms. The van der Waals surface area contributed by atoms with E-state index in [0.717, 1.165) is 37.4 Å². The van der Waals surface area contributed by atoms with Crippen molar-refractivity contribution in [2.45, 2.75) is 18.8 Å². The van der Waals surface area contributed by atoms with Crippen molar-refractivity contribution in [1.29, 1.82) is 0 Å². The maximum Gasteiger partial charge on any atom is 0.303 e. The summed E-state index contributed by atoms with van der Waals surface area (Å²) < 4.78 is 13.9. The van der Waals surface area contributed by atoms with Gasteiger partial charge in [0, 0.05) is 51.0 Å². The molecule has 2 aliphatic heterocycles. The normalized spacial score (nSPS) is 17.5. The zero-order chi connectivity index (χ0) is 29.8. The number of benzene rings is 3. The number of anilines is 2. The zero-order valence-corrected chi connectivity index (χ0v) is 23.7. The maximum atomic E-state index is 13.9. The second kappa shape index (κ2) is 12.6. The van der Waals surface area contributed by atoms with Crippen LogP contribution in [-0.2, 0) is 20.8 Å².